The second kappa shape index (κ2) is 9.21. The number of halogens is 3. The highest BCUT2D eigenvalue weighted by atomic mass is 19.4. The van der Waals surface area contributed by atoms with E-state index >= 15 is 0 Å². The van der Waals surface area contributed by atoms with Gasteiger partial charge in [-0.3, -0.25) is 14.9 Å². The summed E-state index contributed by atoms with van der Waals surface area (Å²) in [4.78, 5) is 34.5. The van der Waals surface area contributed by atoms with Crippen molar-refractivity contribution in [2.45, 2.75) is 45.4 Å². The van der Waals surface area contributed by atoms with Gasteiger partial charge in [0.1, 0.15) is 0 Å². The van der Waals surface area contributed by atoms with Gasteiger partial charge in [0.05, 0.1) is 12.0 Å². The fraction of sp³-hybridized carbons (Fsp3) is 0.471. The van der Waals surface area contributed by atoms with Crippen LogP contribution in [0, 0.1) is 5.92 Å². The van der Waals surface area contributed by atoms with Gasteiger partial charge in [0.15, 0.2) is 11.9 Å². The molecule has 144 valence electrons. The van der Waals surface area contributed by atoms with Crippen LogP contribution in [0.4, 0.5) is 23.7 Å². The molecule has 0 aliphatic heterocycles. The monoisotopic (exact) mass is 375 g/mol. The molecule has 0 saturated carbocycles. The molecule has 26 heavy (non-hydrogen) atoms. The number of hydrogen-bond donors (Lipinski definition) is 2. The zero-order chi connectivity index (χ0) is 19.9. The van der Waals surface area contributed by atoms with Gasteiger partial charge in [-0.25, -0.2) is 4.79 Å². The number of alkyl halides is 3. The standard InChI is InChI=1S/C17H20F3NO5/c1-10(2)9-14(13(22)7-8-15(23)24)26-16(25)21-12-5-3-11(4-6-12)17(18,19)20/h3-6,10,14H,7-9H2,1-2H3,(H,21,25)(H,23,24)/t14-/m0/s1. The van der Waals surface area contributed by atoms with Crippen molar-refractivity contribution in [3.8, 4) is 0 Å². The van der Waals surface area contributed by atoms with Gasteiger partial charge in [-0.1, -0.05) is 13.8 Å². The maximum atomic E-state index is 12.5. The number of ether oxygens (including phenoxy) is 1. The highest BCUT2D eigenvalue weighted by Crippen LogP contribution is 2.29. The van der Waals surface area contributed by atoms with Crippen molar-refractivity contribution >= 4 is 23.5 Å². The van der Waals surface area contributed by atoms with E-state index in [1.165, 1.54) is 0 Å². The number of benzene rings is 1. The van der Waals surface area contributed by atoms with Gasteiger partial charge in [0, 0.05) is 12.1 Å². The maximum Gasteiger partial charge on any atom is 0.416 e. The van der Waals surface area contributed by atoms with E-state index in [1.54, 1.807) is 13.8 Å². The fourth-order valence-corrected chi connectivity index (χ4v) is 2.08. The second-order valence-electron chi connectivity index (χ2n) is 6.08. The molecule has 1 atom stereocenters. The molecule has 1 aromatic carbocycles. The van der Waals surface area contributed by atoms with Gasteiger partial charge in [0.2, 0.25) is 0 Å². The van der Waals surface area contributed by atoms with Crippen LogP contribution in [0.5, 0.6) is 0 Å². The molecule has 0 bridgehead atoms. The molecule has 0 saturated heterocycles. The van der Waals surface area contributed by atoms with Gasteiger partial charge in [-0.15, -0.1) is 0 Å². The Hall–Kier alpha value is -2.58. The molecule has 0 heterocycles. The second-order valence-corrected chi connectivity index (χ2v) is 6.08. The van der Waals surface area contributed by atoms with Gasteiger partial charge in [-0.05, 0) is 36.6 Å². The van der Waals surface area contributed by atoms with Crippen LogP contribution in [0.2, 0.25) is 0 Å². The van der Waals surface area contributed by atoms with Gasteiger partial charge in [0.25, 0.3) is 0 Å². The van der Waals surface area contributed by atoms with E-state index in [-0.39, 0.29) is 30.9 Å². The van der Waals surface area contributed by atoms with E-state index in [2.05, 4.69) is 5.32 Å². The number of anilines is 1. The molecule has 0 radical (unpaired) electrons. The lowest BCUT2D eigenvalue weighted by molar-refractivity contribution is -0.139. The maximum absolute atomic E-state index is 12.5. The van der Waals surface area contributed by atoms with E-state index in [0.717, 1.165) is 24.3 Å². The SMILES string of the molecule is CC(C)C[C@H](OC(=O)Nc1ccc(C(F)(F)F)cc1)C(=O)CCC(=O)O. The smallest absolute Gasteiger partial charge is 0.416 e. The molecule has 1 amide bonds. The lowest BCUT2D eigenvalue weighted by Crippen LogP contribution is -2.31. The fourth-order valence-electron chi connectivity index (χ4n) is 2.08. The van der Waals surface area contributed by atoms with Gasteiger partial charge >= 0.3 is 18.2 Å². The Morgan fingerprint density at radius 3 is 2.15 bits per heavy atom. The van der Waals surface area contributed by atoms with Crippen molar-refractivity contribution in [2.24, 2.45) is 5.92 Å². The Balaban J connectivity index is 2.70. The molecule has 0 spiro atoms. The predicted molar refractivity (Wildman–Crippen MR) is 86.7 cm³/mol. The first-order valence-corrected chi connectivity index (χ1v) is 7.88. The molecule has 0 unspecified atom stereocenters. The van der Waals surface area contributed by atoms with Gasteiger partial charge < -0.3 is 9.84 Å². The van der Waals surface area contributed by atoms with E-state index in [4.69, 9.17) is 9.84 Å². The number of carboxylic acids is 1. The summed E-state index contributed by atoms with van der Waals surface area (Å²) in [6, 6.07) is 3.74. The summed E-state index contributed by atoms with van der Waals surface area (Å²) in [6.07, 6.45) is -7.06. The summed E-state index contributed by atoms with van der Waals surface area (Å²) in [5.74, 6) is -1.66. The Morgan fingerprint density at radius 1 is 1.12 bits per heavy atom. The number of carbonyl (C=O) groups is 3. The average molecular weight is 375 g/mol. The minimum atomic E-state index is -4.49. The molecule has 9 heteroatoms. The molecule has 2 N–H and O–H groups in total. The molecule has 0 aliphatic carbocycles. The average Bonchev–Trinajstić information content (AvgIpc) is 2.51. The van der Waals surface area contributed by atoms with Crippen molar-refractivity contribution in [3.63, 3.8) is 0 Å². The van der Waals surface area contributed by atoms with Crippen LogP contribution in [0.1, 0.15) is 38.7 Å². The number of rotatable bonds is 8. The molecule has 0 fully saturated rings. The summed E-state index contributed by atoms with van der Waals surface area (Å²) < 4.78 is 42.5. The van der Waals surface area contributed by atoms with E-state index < -0.39 is 35.7 Å². The van der Waals surface area contributed by atoms with Gasteiger partial charge in [-0.2, -0.15) is 13.2 Å². The number of carbonyl (C=O) groups excluding carboxylic acids is 2. The zero-order valence-electron chi connectivity index (χ0n) is 14.3. The predicted octanol–water partition coefficient (Wildman–Crippen LogP) is 4.10. The number of Topliss-reactive ketones (excluding diaryl/α,β-unsaturated/α-hetero) is 1. The molecule has 0 aromatic heterocycles. The minimum Gasteiger partial charge on any atom is -0.481 e. The number of ketones is 1. The Bertz CT molecular complexity index is 641. The van der Waals surface area contributed by atoms with Crippen molar-refractivity contribution in [3.05, 3.63) is 29.8 Å². The Labute approximate surface area is 148 Å². The number of aliphatic carboxylic acids is 1. The highest BCUT2D eigenvalue weighted by molar-refractivity contribution is 5.90. The summed E-state index contributed by atoms with van der Waals surface area (Å²) in [7, 11) is 0. The normalized spacial score (nSPS) is 12.5. The number of amides is 1. The molecule has 0 aliphatic rings. The van der Waals surface area contributed by atoms with Crippen molar-refractivity contribution < 1.29 is 37.4 Å². The van der Waals surface area contributed by atoms with Crippen LogP contribution in [-0.2, 0) is 20.5 Å². The topological polar surface area (TPSA) is 92.7 Å². The third-order valence-electron chi connectivity index (χ3n) is 3.34. The summed E-state index contributed by atoms with van der Waals surface area (Å²) in [5, 5.41) is 10.9. The first kappa shape index (κ1) is 21.5. The first-order valence-electron chi connectivity index (χ1n) is 7.88. The molecule has 1 rings (SSSR count). The van der Waals surface area contributed by atoms with E-state index in [0.29, 0.717) is 0 Å². The Morgan fingerprint density at radius 2 is 1.69 bits per heavy atom. The van der Waals surface area contributed by atoms with Crippen LogP contribution in [0.3, 0.4) is 0 Å². The molecule has 1 aromatic rings. The van der Waals surface area contributed by atoms with Crippen molar-refractivity contribution in [1.82, 2.24) is 0 Å². The first-order chi connectivity index (χ1) is 12.0. The third kappa shape index (κ3) is 7.54. The lowest BCUT2D eigenvalue weighted by atomic mass is 10.0. The third-order valence-corrected chi connectivity index (χ3v) is 3.34. The lowest BCUT2D eigenvalue weighted by Gasteiger charge is -2.19. The minimum absolute atomic E-state index is 0.00708. The van der Waals surface area contributed by atoms with Crippen LogP contribution in [-0.4, -0.2) is 29.1 Å². The zero-order valence-corrected chi connectivity index (χ0v) is 14.3. The van der Waals surface area contributed by atoms with E-state index in [9.17, 15) is 27.6 Å². The summed E-state index contributed by atoms with van der Waals surface area (Å²) in [5.41, 5.74) is -0.790. The van der Waals surface area contributed by atoms with E-state index in [1.807, 2.05) is 0 Å². The molecular weight excluding hydrogens is 355 g/mol. The number of hydrogen-bond acceptors (Lipinski definition) is 4. The molecule has 6 nitrogen and oxygen atoms in total. The van der Waals surface area contributed by atoms with Crippen molar-refractivity contribution in [2.75, 3.05) is 5.32 Å². The number of nitrogens with one attached hydrogen (secondary N) is 1. The largest absolute Gasteiger partial charge is 0.481 e. The number of carboxylic acid groups (broad SMARTS) is 1. The quantitative estimate of drug-likeness (QED) is 0.714. The van der Waals surface area contributed by atoms with Crippen molar-refractivity contribution in [1.29, 1.82) is 0 Å². The van der Waals surface area contributed by atoms with Crippen LogP contribution in [0.15, 0.2) is 24.3 Å². The Kier molecular flexibility index (Phi) is 7.60. The van der Waals surface area contributed by atoms with Crippen LogP contribution >= 0.6 is 0 Å². The van der Waals surface area contributed by atoms with Crippen LogP contribution in [0.25, 0.3) is 0 Å². The van der Waals surface area contributed by atoms with Crippen LogP contribution < -0.4 is 5.32 Å². The summed E-state index contributed by atoms with van der Waals surface area (Å²) >= 11 is 0. The highest BCUT2D eigenvalue weighted by Gasteiger charge is 2.30. The molecular formula is C17H20F3NO5. The summed E-state index contributed by atoms with van der Waals surface area (Å²) in [6.45, 7) is 3.60.